The summed E-state index contributed by atoms with van der Waals surface area (Å²) in [5, 5.41) is 2.28. The van der Waals surface area contributed by atoms with Crippen LogP contribution < -0.4 is 14.8 Å². The number of methoxy groups -OCH3 is 1. The number of rotatable bonds is 9. The van der Waals surface area contributed by atoms with Gasteiger partial charge in [0, 0.05) is 11.3 Å². The predicted octanol–water partition coefficient (Wildman–Crippen LogP) is 5.11. The van der Waals surface area contributed by atoms with Crippen molar-refractivity contribution in [1.29, 1.82) is 0 Å². The number of nitrogens with one attached hydrogen (secondary N) is 1. The van der Waals surface area contributed by atoms with E-state index < -0.39 is 17.1 Å². The average molecular weight is 481 g/mol. The molecule has 0 atom stereocenters. The number of ether oxygens (including phenoxy) is 2. The van der Waals surface area contributed by atoms with Gasteiger partial charge in [-0.3, -0.25) is 19.3 Å². The number of thioether (sulfide) groups is 1. The summed E-state index contributed by atoms with van der Waals surface area (Å²) in [6.45, 7) is 9.59. The van der Waals surface area contributed by atoms with Gasteiger partial charge in [-0.25, -0.2) is 0 Å². The van der Waals surface area contributed by atoms with Crippen molar-refractivity contribution in [2.45, 2.75) is 27.2 Å². The van der Waals surface area contributed by atoms with Crippen LogP contribution in [0.2, 0.25) is 0 Å². The number of hydrogen-bond donors (Lipinski definition) is 1. The summed E-state index contributed by atoms with van der Waals surface area (Å²) >= 11 is 0.805. The zero-order chi connectivity index (χ0) is 24.8. The molecule has 1 aliphatic rings. The lowest BCUT2D eigenvalue weighted by molar-refractivity contribution is -0.127. The summed E-state index contributed by atoms with van der Waals surface area (Å²) in [5.74, 6) is 0.203. The zero-order valence-electron chi connectivity index (χ0n) is 19.8. The monoisotopic (exact) mass is 480 g/mol. The van der Waals surface area contributed by atoms with Crippen LogP contribution in [0.5, 0.6) is 11.5 Å². The smallest absolute Gasteiger partial charge is 0.294 e. The molecule has 1 fully saturated rings. The largest absolute Gasteiger partial charge is 0.493 e. The van der Waals surface area contributed by atoms with Crippen molar-refractivity contribution in [2.24, 2.45) is 0 Å². The maximum absolute atomic E-state index is 12.9. The van der Waals surface area contributed by atoms with Gasteiger partial charge in [-0.05, 0) is 74.4 Å². The molecule has 178 valence electrons. The first-order valence-electron chi connectivity index (χ1n) is 10.8. The molecule has 0 aromatic heterocycles. The van der Waals surface area contributed by atoms with E-state index in [-0.39, 0.29) is 11.4 Å². The first-order valence-corrected chi connectivity index (χ1v) is 11.7. The van der Waals surface area contributed by atoms with Gasteiger partial charge in [0.05, 0.1) is 18.6 Å². The van der Waals surface area contributed by atoms with E-state index in [2.05, 4.69) is 11.9 Å². The minimum Gasteiger partial charge on any atom is -0.493 e. The Balaban J connectivity index is 1.81. The van der Waals surface area contributed by atoms with Crippen molar-refractivity contribution in [3.8, 4) is 11.5 Å². The number of anilines is 1. The Kier molecular flexibility index (Phi) is 8.17. The van der Waals surface area contributed by atoms with Crippen molar-refractivity contribution in [1.82, 2.24) is 4.90 Å². The molecule has 2 aromatic carbocycles. The number of aryl methyl sites for hydroxylation is 2. The maximum atomic E-state index is 12.9. The molecular weight excluding hydrogens is 452 g/mol. The summed E-state index contributed by atoms with van der Waals surface area (Å²) < 4.78 is 11.2. The summed E-state index contributed by atoms with van der Waals surface area (Å²) in [6.07, 6.45) is 3.92. The van der Waals surface area contributed by atoms with Crippen molar-refractivity contribution >= 4 is 40.6 Å². The predicted molar refractivity (Wildman–Crippen MR) is 135 cm³/mol. The number of carbonyl (C=O) groups excluding carboxylic acids is 3. The molecule has 3 rings (SSSR count). The summed E-state index contributed by atoms with van der Waals surface area (Å²) in [5.41, 5.74) is 4.17. The van der Waals surface area contributed by atoms with E-state index in [0.29, 0.717) is 35.8 Å². The highest BCUT2D eigenvalue weighted by atomic mass is 32.2. The number of carbonyl (C=O) groups is 3. The van der Waals surface area contributed by atoms with Crippen molar-refractivity contribution < 1.29 is 23.9 Å². The standard InChI is InChI=1S/C26H28N2O5S/c1-6-8-19-12-18(13-21(33-7-2)24(19)32-5)14-22-25(30)28(26(31)34-22)15-23(29)27-20-10-9-16(3)11-17(20)4/h6,9-14H,1,7-8,15H2,2-5H3,(H,27,29)/b22-14+. The van der Waals surface area contributed by atoms with Gasteiger partial charge in [0.2, 0.25) is 5.91 Å². The van der Waals surface area contributed by atoms with Gasteiger partial charge in [-0.2, -0.15) is 0 Å². The first kappa shape index (κ1) is 25.1. The fourth-order valence-electron chi connectivity index (χ4n) is 3.64. The summed E-state index contributed by atoms with van der Waals surface area (Å²) in [7, 11) is 1.57. The number of allylic oxidation sites excluding steroid dienone is 1. The van der Waals surface area contributed by atoms with E-state index in [9.17, 15) is 14.4 Å². The van der Waals surface area contributed by atoms with Gasteiger partial charge in [0.1, 0.15) is 6.54 Å². The number of nitrogens with zero attached hydrogens (tertiary/aromatic N) is 1. The van der Waals surface area contributed by atoms with E-state index in [1.165, 1.54) is 0 Å². The van der Waals surface area contributed by atoms with E-state index in [1.54, 1.807) is 31.4 Å². The van der Waals surface area contributed by atoms with Crippen LogP contribution in [0.15, 0.2) is 47.9 Å². The summed E-state index contributed by atoms with van der Waals surface area (Å²) in [6, 6.07) is 9.26. The Bertz CT molecular complexity index is 1170. The van der Waals surface area contributed by atoms with Crippen molar-refractivity contribution in [3.63, 3.8) is 0 Å². The Hall–Kier alpha value is -3.52. The zero-order valence-corrected chi connectivity index (χ0v) is 20.6. The molecule has 1 N–H and O–H groups in total. The molecule has 0 spiro atoms. The third-order valence-corrected chi connectivity index (χ3v) is 6.06. The molecule has 0 unspecified atom stereocenters. The lowest BCUT2D eigenvalue weighted by Crippen LogP contribution is -2.36. The molecule has 1 aliphatic heterocycles. The molecular formula is C26H28N2O5S. The SMILES string of the molecule is C=CCc1cc(/C=C2/SC(=O)N(CC(=O)Nc3ccc(C)cc3C)C2=O)cc(OCC)c1OC. The Morgan fingerprint density at radius 1 is 1.21 bits per heavy atom. The van der Waals surface area contributed by atoms with Gasteiger partial charge in [-0.15, -0.1) is 6.58 Å². The molecule has 8 heteroatoms. The van der Waals surface area contributed by atoms with Crippen LogP contribution in [0.25, 0.3) is 6.08 Å². The Morgan fingerprint density at radius 3 is 2.62 bits per heavy atom. The fourth-order valence-corrected chi connectivity index (χ4v) is 4.48. The normalized spacial score (nSPS) is 14.5. The Labute approximate surface area is 203 Å². The summed E-state index contributed by atoms with van der Waals surface area (Å²) in [4.78, 5) is 39.2. The highest BCUT2D eigenvalue weighted by Crippen LogP contribution is 2.37. The number of hydrogen-bond acceptors (Lipinski definition) is 6. The van der Waals surface area contributed by atoms with E-state index >= 15 is 0 Å². The topological polar surface area (TPSA) is 84.9 Å². The first-order chi connectivity index (χ1) is 16.3. The van der Waals surface area contributed by atoms with E-state index in [0.717, 1.165) is 33.4 Å². The van der Waals surface area contributed by atoms with Gasteiger partial charge in [0.15, 0.2) is 11.5 Å². The van der Waals surface area contributed by atoms with Crippen molar-refractivity contribution in [2.75, 3.05) is 25.6 Å². The van der Waals surface area contributed by atoms with Crippen LogP contribution in [0.4, 0.5) is 10.5 Å². The number of imide groups is 1. The Morgan fingerprint density at radius 2 is 1.97 bits per heavy atom. The van der Waals surface area contributed by atoms with Crippen LogP contribution in [0.1, 0.15) is 29.2 Å². The lowest BCUT2D eigenvalue weighted by atomic mass is 10.0. The van der Waals surface area contributed by atoms with Gasteiger partial charge >= 0.3 is 0 Å². The van der Waals surface area contributed by atoms with E-state index in [4.69, 9.17) is 9.47 Å². The fraction of sp³-hybridized carbons (Fsp3) is 0.269. The third-order valence-electron chi connectivity index (χ3n) is 5.15. The van der Waals surface area contributed by atoms with Crippen LogP contribution in [-0.2, 0) is 16.0 Å². The molecule has 3 amide bonds. The second-order valence-electron chi connectivity index (χ2n) is 7.77. The molecule has 0 bridgehead atoms. The molecule has 1 saturated heterocycles. The van der Waals surface area contributed by atoms with Crippen LogP contribution in [-0.4, -0.2) is 42.2 Å². The molecule has 1 heterocycles. The molecule has 34 heavy (non-hydrogen) atoms. The second kappa shape index (κ2) is 11.1. The highest BCUT2D eigenvalue weighted by Gasteiger charge is 2.36. The second-order valence-corrected chi connectivity index (χ2v) is 8.76. The molecule has 0 radical (unpaired) electrons. The lowest BCUT2D eigenvalue weighted by Gasteiger charge is -2.15. The molecule has 7 nitrogen and oxygen atoms in total. The minimum absolute atomic E-state index is 0.237. The molecule has 0 aliphatic carbocycles. The quantitative estimate of drug-likeness (QED) is 0.396. The van der Waals surface area contributed by atoms with Gasteiger partial charge in [0.25, 0.3) is 11.1 Å². The van der Waals surface area contributed by atoms with Gasteiger partial charge in [-0.1, -0.05) is 23.8 Å². The maximum Gasteiger partial charge on any atom is 0.294 e. The molecule has 0 saturated carbocycles. The van der Waals surface area contributed by atoms with Crippen LogP contribution in [0, 0.1) is 13.8 Å². The number of amides is 3. The average Bonchev–Trinajstić information content (AvgIpc) is 3.03. The minimum atomic E-state index is -0.509. The highest BCUT2D eigenvalue weighted by molar-refractivity contribution is 8.18. The van der Waals surface area contributed by atoms with Gasteiger partial charge < -0.3 is 14.8 Å². The molecule has 2 aromatic rings. The van der Waals surface area contributed by atoms with E-state index in [1.807, 2.05) is 39.0 Å². The van der Waals surface area contributed by atoms with Crippen molar-refractivity contribution in [3.05, 3.63) is 70.1 Å². The number of benzene rings is 2. The third kappa shape index (κ3) is 5.69. The van der Waals surface area contributed by atoms with Crippen LogP contribution >= 0.6 is 11.8 Å². The van der Waals surface area contributed by atoms with Crippen LogP contribution in [0.3, 0.4) is 0 Å².